The van der Waals surface area contributed by atoms with Crippen LogP contribution in [0.4, 0.5) is 58.4 Å². The number of alkyl halides is 12. The maximum atomic E-state index is 14.5. The SMILES string of the molecule is B/C(C#C)=C(N)/C(B)=C(\CC(/C(B)=C(\Cc1c(B)c(B)c(N)c(B)c1C(F)(F)F)C(F)(F)F)=C(/C#C)C(F)(F)F)C(F)(F)F. The molecular weight excluding hydrogens is 609 g/mol. The van der Waals surface area contributed by atoms with Crippen molar-refractivity contribution in [2.24, 2.45) is 5.73 Å². The van der Waals surface area contributed by atoms with E-state index in [9.17, 15) is 52.7 Å². The number of halogens is 12. The Labute approximate surface area is 251 Å². The first-order chi connectivity index (χ1) is 19.6. The van der Waals surface area contributed by atoms with Crippen molar-refractivity contribution in [3.63, 3.8) is 0 Å². The van der Waals surface area contributed by atoms with Gasteiger partial charge in [0.2, 0.25) is 0 Å². The van der Waals surface area contributed by atoms with Crippen molar-refractivity contribution in [3.05, 3.63) is 55.5 Å². The van der Waals surface area contributed by atoms with Crippen LogP contribution >= 0.6 is 0 Å². The van der Waals surface area contributed by atoms with Crippen molar-refractivity contribution in [3.8, 4) is 24.7 Å². The molecule has 0 aromatic heterocycles. The maximum Gasteiger partial charge on any atom is 0.424 e. The van der Waals surface area contributed by atoms with Crippen molar-refractivity contribution >= 4 is 69.2 Å². The first-order valence-corrected chi connectivity index (χ1v) is 12.3. The highest BCUT2D eigenvalue weighted by Gasteiger charge is 2.44. The van der Waals surface area contributed by atoms with Crippen LogP contribution in [-0.2, 0) is 12.6 Å². The van der Waals surface area contributed by atoms with Crippen LogP contribution < -0.4 is 27.9 Å². The van der Waals surface area contributed by atoms with Gasteiger partial charge in [-0.25, -0.2) is 0 Å². The van der Waals surface area contributed by atoms with E-state index < -0.39 is 93.1 Å². The summed E-state index contributed by atoms with van der Waals surface area (Å²) in [6, 6.07) is 0. The molecule has 0 aliphatic carbocycles. The fourth-order valence-electron chi connectivity index (χ4n) is 4.56. The van der Waals surface area contributed by atoms with Crippen LogP contribution in [0.15, 0.2) is 44.4 Å². The molecule has 0 amide bonds. The van der Waals surface area contributed by atoms with Gasteiger partial charge in [-0.3, -0.25) is 0 Å². The van der Waals surface area contributed by atoms with Gasteiger partial charge in [-0.15, -0.1) is 12.8 Å². The highest BCUT2D eigenvalue weighted by atomic mass is 19.4. The lowest BCUT2D eigenvalue weighted by Gasteiger charge is -2.27. The topological polar surface area (TPSA) is 52.0 Å². The van der Waals surface area contributed by atoms with Gasteiger partial charge in [0, 0.05) is 35.4 Å². The van der Waals surface area contributed by atoms with Gasteiger partial charge in [0.15, 0.2) is 7.85 Å². The fraction of sp³-hybridized carbons (Fsp3) is 0.250. The molecule has 0 unspecified atom stereocenters. The summed E-state index contributed by atoms with van der Waals surface area (Å²) in [6.07, 6.45) is -15.4. The average molecular weight is 631 g/mol. The summed E-state index contributed by atoms with van der Waals surface area (Å²) in [7, 11) is 5.46. The summed E-state index contributed by atoms with van der Waals surface area (Å²) >= 11 is 0. The molecule has 0 saturated carbocycles. The Morgan fingerprint density at radius 1 is 0.682 bits per heavy atom. The monoisotopic (exact) mass is 632 g/mol. The second-order valence-electron chi connectivity index (χ2n) is 9.87. The lowest BCUT2D eigenvalue weighted by atomic mass is 9.68. The van der Waals surface area contributed by atoms with E-state index in [0.29, 0.717) is 7.85 Å². The Morgan fingerprint density at radius 2 is 1.16 bits per heavy atom. The van der Waals surface area contributed by atoms with Crippen LogP contribution in [0.3, 0.4) is 0 Å². The number of hydrogen-bond acceptors (Lipinski definition) is 2. The highest BCUT2D eigenvalue weighted by Crippen LogP contribution is 2.43. The van der Waals surface area contributed by atoms with Gasteiger partial charge in [0.05, 0.1) is 5.56 Å². The largest absolute Gasteiger partial charge is 0.424 e. The first kappa shape index (κ1) is 38.5. The minimum absolute atomic E-state index is 0.0240. The van der Waals surface area contributed by atoms with Gasteiger partial charge in [-0.2, -0.15) is 52.7 Å². The van der Waals surface area contributed by atoms with E-state index in [1.165, 1.54) is 7.85 Å². The zero-order valence-corrected chi connectivity index (χ0v) is 24.3. The second kappa shape index (κ2) is 13.2. The molecule has 2 nitrogen and oxygen atoms in total. The molecular formula is C24H22B6F12N2. The first-order valence-electron chi connectivity index (χ1n) is 12.3. The number of hydrogen-bond donors (Lipinski definition) is 2. The molecule has 0 heterocycles. The summed E-state index contributed by atoms with van der Waals surface area (Å²) in [4.78, 5) is 0. The van der Waals surface area contributed by atoms with E-state index in [0.717, 1.165) is 37.3 Å². The van der Waals surface area contributed by atoms with Crippen LogP contribution in [0.5, 0.6) is 0 Å². The zero-order chi connectivity index (χ0) is 34.9. The van der Waals surface area contributed by atoms with Crippen molar-refractivity contribution in [2.75, 3.05) is 5.73 Å². The lowest BCUT2D eigenvalue weighted by Crippen LogP contribution is -2.42. The van der Waals surface area contributed by atoms with Crippen LogP contribution in [0.25, 0.3) is 0 Å². The molecule has 0 radical (unpaired) electrons. The number of terminal acetylenes is 2. The molecule has 0 saturated heterocycles. The normalized spacial score (nSPS) is 15.3. The third kappa shape index (κ3) is 8.33. The molecule has 1 aromatic carbocycles. The smallest absolute Gasteiger partial charge is 0.400 e. The van der Waals surface area contributed by atoms with Crippen LogP contribution in [0, 0.1) is 24.7 Å². The Balaban J connectivity index is 4.47. The predicted octanol–water partition coefficient (Wildman–Crippen LogP) is -1.18. The van der Waals surface area contributed by atoms with E-state index in [1.54, 1.807) is 0 Å². The number of benzene rings is 1. The minimum Gasteiger partial charge on any atom is -0.400 e. The maximum absolute atomic E-state index is 14.5. The van der Waals surface area contributed by atoms with Crippen molar-refractivity contribution in [2.45, 2.75) is 37.5 Å². The van der Waals surface area contributed by atoms with Crippen molar-refractivity contribution in [1.29, 1.82) is 0 Å². The van der Waals surface area contributed by atoms with Crippen LogP contribution in [0.1, 0.15) is 17.5 Å². The van der Waals surface area contributed by atoms with Gasteiger partial charge in [0.25, 0.3) is 0 Å². The van der Waals surface area contributed by atoms with Gasteiger partial charge < -0.3 is 11.5 Å². The van der Waals surface area contributed by atoms with Crippen LogP contribution in [-0.4, -0.2) is 65.6 Å². The Hall–Kier alpha value is -3.55. The lowest BCUT2D eigenvalue weighted by molar-refractivity contribution is -0.137. The van der Waals surface area contributed by atoms with E-state index in [4.69, 9.17) is 24.3 Å². The molecule has 1 aromatic rings. The Kier molecular flexibility index (Phi) is 11.5. The molecule has 0 aliphatic rings. The predicted molar refractivity (Wildman–Crippen MR) is 162 cm³/mol. The molecule has 230 valence electrons. The molecule has 0 atom stereocenters. The summed E-state index contributed by atoms with van der Waals surface area (Å²) in [5, 5.41) is 0. The summed E-state index contributed by atoms with van der Waals surface area (Å²) < 4.78 is 171. The Bertz CT molecular complexity index is 1540. The number of anilines is 1. The third-order valence-corrected chi connectivity index (χ3v) is 7.29. The molecule has 0 spiro atoms. The van der Waals surface area contributed by atoms with E-state index >= 15 is 0 Å². The highest BCUT2D eigenvalue weighted by molar-refractivity contribution is 6.54. The van der Waals surface area contributed by atoms with Gasteiger partial charge in [0.1, 0.15) is 44.8 Å². The zero-order valence-electron chi connectivity index (χ0n) is 24.3. The molecule has 20 heteroatoms. The van der Waals surface area contributed by atoms with Crippen molar-refractivity contribution < 1.29 is 52.7 Å². The Morgan fingerprint density at radius 3 is 1.52 bits per heavy atom. The number of nitrogens with two attached hydrogens (primary N) is 2. The van der Waals surface area contributed by atoms with E-state index in [1.807, 2.05) is 5.92 Å². The molecule has 1 rings (SSSR count). The molecule has 0 fully saturated rings. The minimum atomic E-state index is -5.63. The third-order valence-electron chi connectivity index (χ3n) is 7.29. The summed E-state index contributed by atoms with van der Waals surface area (Å²) in [5.74, 6) is 3.07. The van der Waals surface area contributed by atoms with Gasteiger partial charge >= 0.3 is 24.7 Å². The summed E-state index contributed by atoms with van der Waals surface area (Å²) in [5.41, 5.74) is -3.39. The summed E-state index contributed by atoms with van der Waals surface area (Å²) in [6.45, 7) is 0. The van der Waals surface area contributed by atoms with E-state index in [2.05, 4.69) is 0 Å². The molecule has 0 aliphatic heterocycles. The molecule has 44 heavy (non-hydrogen) atoms. The quantitative estimate of drug-likeness (QED) is 0.137. The fourth-order valence-corrected chi connectivity index (χ4v) is 4.56. The number of allylic oxidation sites excluding steroid dienone is 7. The number of nitrogen functional groups attached to an aromatic ring is 1. The second-order valence-corrected chi connectivity index (χ2v) is 9.87. The van der Waals surface area contributed by atoms with Crippen molar-refractivity contribution in [1.82, 2.24) is 0 Å². The average Bonchev–Trinajstić information content (AvgIpc) is 2.86. The molecule has 4 N–H and O–H groups in total. The van der Waals surface area contributed by atoms with Gasteiger partial charge in [-0.05, 0) is 16.6 Å². The molecule has 0 bridgehead atoms. The van der Waals surface area contributed by atoms with Crippen LogP contribution in [0.2, 0.25) is 0 Å². The number of rotatable bonds is 6. The van der Waals surface area contributed by atoms with Gasteiger partial charge in [-0.1, -0.05) is 39.2 Å². The standard InChI is InChI=1S/C24H22B6F12N2/c1-3-9(21(31,32)33)7(5-11(23(37,38)39)16(28)19(43)12(25)4-2)14(26)10(22(34,35)36)6-8-13(24(40,41)42)17(29)20(44)18(30)15(8)27/h1-2H,5-6,25-30,43-44H2/b9-7+,14-10-,16-11-,19-12-. The van der Waals surface area contributed by atoms with E-state index in [-0.39, 0.29) is 22.1 Å².